The van der Waals surface area contributed by atoms with Crippen LogP contribution in [0.2, 0.25) is 0 Å². The molecule has 0 spiro atoms. The Labute approximate surface area is 180 Å². The van der Waals surface area contributed by atoms with Gasteiger partial charge in [0, 0.05) is 12.0 Å². The van der Waals surface area contributed by atoms with E-state index in [0.29, 0.717) is 0 Å². The van der Waals surface area contributed by atoms with E-state index in [0.717, 1.165) is 16.7 Å². The molecule has 0 aliphatic heterocycles. The number of sulfonamides is 1. The zero-order valence-corrected chi connectivity index (χ0v) is 17.5. The third-order valence-electron chi connectivity index (χ3n) is 4.44. The fraction of sp³-hybridized carbons (Fsp3) is 0.125. The number of rotatable bonds is 6. The third kappa shape index (κ3) is 6.01. The highest BCUT2D eigenvalue weighted by atomic mass is 32.2. The zero-order chi connectivity index (χ0) is 22.3. The van der Waals surface area contributed by atoms with Crippen molar-refractivity contribution >= 4 is 16.0 Å². The maximum absolute atomic E-state index is 13.1. The molecule has 0 aliphatic rings. The maximum Gasteiger partial charge on any atom is 0.324 e. The summed E-state index contributed by atoms with van der Waals surface area (Å²) in [5, 5.41) is 0. The van der Waals surface area contributed by atoms with Crippen molar-refractivity contribution in [2.45, 2.75) is 17.4 Å². The fourth-order valence-electron chi connectivity index (χ4n) is 2.82. The number of esters is 1. The number of carbonyl (C=O) groups is 1. The molecule has 3 aromatic carbocycles. The molecule has 0 saturated carbocycles. The second-order valence-corrected chi connectivity index (χ2v) is 8.31. The van der Waals surface area contributed by atoms with Crippen LogP contribution in [0.3, 0.4) is 0 Å². The molecule has 0 bridgehead atoms. The number of hydrogen-bond donors (Lipinski definition) is 1. The molecule has 1 N–H and O–H groups in total. The maximum atomic E-state index is 13.1. The smallest absolute Gasteiger partial charge is 0.324 e. The van der Waals surface area contributed by atoms with Gasteiger partial charge in [0.05, 0.1) is 12.0 Å². The molecule has 3 aromatic rings. The van der Waals surface area contributed by atoms with Crippen molar-refractivity contribution in [3.63, 3.8) is 0 Å². The van der Waals surface area contributed by atoms with Crippen molar-refractivity contribution in [3.05, 3.63) is 90.2 Å². The lowest BCUT2D eigenvalue weighted by Crippen LogP contribution is -2.41. The van der Waals surface area contributed by atoms with E-state index in [2.05, 4.69) is 16.6 Å². The highest BCUT2D eigenvalue weighted by Crippen LogP contribution is 2.22. The molecule has 3 rings (SSSR count). The molecule has 31 heavy (non-hydrogen) atoms. The lowest BCUT2D eigenvalue weighted by atomic mass is 10.1. The summed E-state index contributed by atoms with van der Waals surface area (Å²) in [6, 6.07) is 20.0. The van der Waals surface area contributed by atoms with Crippen LogP contribution in [0.15, 0.2) is 83.8 Å². The van der Waals surface area contributed by atoms with Gasteiger partial charge in [0.1, 0.15) is 11.9 Å². The van der Waals surface area contributed by atoms with Gasteiger partial charge in [-0.1, -0.05) is 54.3 Å². The van der Waals surface area contributed by atoms with Gasteiger partial charge in [0.25, 0.3) is 0 Å². The summed E-state index contributed by atoms with van der Waals surface area (Å²) in [5.41, 5.74) is 2.24. The number of nitrogens with one attached hydrogen (secondary N) is 1. The van der Waals surface area contributed by atoms with Gasteiger partial charge in [-0.15, -0.1) is 0 Å². The molecule has 0 aliphatic carbocycles. The van der Waals surface area contributed by atoms with Gasteiger partial charge in [-0.2, -0.15) is 4.72 Å². The van der Waals surface area contributed by atoms with Crippen molar-refractivity contribution in [2.75, 3.05) is 7.11 Å². The van der Waals surface area contributed by atoms with E-state index in [1.54, 1.807) is 24.3 Å². The molecule has 158 valence electrons. The van der Waals surface area contributed by atoms with Gasteiger partial charge in [0.2, 0.25) is 10.0 Å². The summed E-state index contributed by atoms with van der Waals surface area (Å²) in [7, 11) is -2.81. The second kappa shape index (κ2) is 10.0. The quantitative estimate of drug-likeness (QED) is 0.471. The highest BCUT2D eigenvalue weighted by molar-refractivity contribution is 7.89. The van der Waals surface area contributed by atoms with E-state index in [9.17, 15) is 17.6 Å². The van der Waals surface area contributed by atoms with E-state index >= 15 is 0 Å². The van der Waals surface area contributed by atoms with E-state index in [-0.39, 0.29) is 17.1 Å². The van der Waals surface area contributed by atoms with Crippen molar-refractivity contribution < 1.29 is 22.3 Å². The number of ether oxygens (including phenoxy) is 1. The van der Waals surface area contributed by atoms with Crippen molar-refractivity contribution in [1.82, 2.24) is 4.72 Å². The van der Waals surface area contributed by atoms with E-state index < -0.39 is 22.0 Å². The van der Waals surface area contributed by atoms with Crippen molar-refractivity contribution in [1.29, 1.82) is 0 Å². The first-order valence-electron chi connectivity index (χ1n) is 9.39. The number of benzene rings is 3. The average molecular weight is 437 g/mol. The van der Waals surface area contributed by atoms with Gasteiger partial charge < -0.3 is 4.74 Å². The molecule has 0 radical (unpaired) electrons. The molecule has 1 unspecified atom stereocenters. The summed E-state index contributed by atoms with van der Waals surface area (Å²) in [5.74, 6) is 4.63. The Morgan fingerprint density at radius 2 is 1.55 bits per heavy atom. The van der Waals surface area contributed by atoms with Crippen LogP contribution >= 0.6 is 0 Å². The summed E-state index contributed by atoms with van der Waals surface area (Å²) in [4.78, 5) is 12.1. The Morgan fingerprint density at radius 1 is 0.968 bits per heavy atom. The van der Waals surface area contributed by atoms with Gasteiger partial charge in [-0.3, -0.25) is 4.79 Å². The van der Waals surface area contributed by atoms with E-state index in [1.165, 1.54) is 31.4 Å². The van der Waals surface area contributed by atoms with Crippen LogP contribution in [-0.4, -0.2) is 27.5 Å². The predicted molar refractivity (Wildman–Crippen MR) is 116 cm³/mol. The molecule has 7 heteroatoms. The number of carbonyl (C=O) groups excluding carboxylic acids is 1. The van der Waals surface area contributed by atoms with Gasteiger partial charge in [0.15, 0.2) is 0 Å². The summed E-state index contributed by atoms with van der Waals surface area (Å²) < 4.78 is 45.7. The molecule has 0 saturated heterocycles. The summed E-state index contributed by atoms with van der Waals surface area (Å²) in [6.45, 7) is 0. The van der Waals surface area contributed by atoms with Crippen LogP contribution in [-0.2, 0) is 19.6 Å². The van der Waals surface area contributed by atoms with Gasteiger partial charge in [-0.05, 0) is 47.5 Å². The Hall–Kier alpha value is -3.47. The minimum absolute atomic E-state index is 0.0108. The fourth-order valence-corrected chi connectivity index (χ4v) is 4.00. The lowest BCUT2D eigenvalue weighted by Gasteiger charge is -2.14. The molecule has 1 atom stereocenters. The molecule has 0 aromatic heterocycles. The largest absolute Gasteiger partial charge is 0.468 e. The van der Waals surface area contributed by atoms with E-state index in [1.807, 2.05) is 30.3 Å². The summed E-state index contributed by atoms with van der Waals surface area (Å²) in [6.07, 6.45) is -0.0472. The Bertz CT molecular complexity index is 1200. The van der Waals surface area contributed by atoms with E-state index in [4.69, 9.17) is 4.74 Å². The standard InChI is InChI=1S/C24H20FNO4S/c1-30-24(27)23(9-5-8-18-6-3-2-4-7-18)26-31(28,29)22-16-12-20(13-17-22)19-10-14-21(25)15-11-19/h2-4,6-7,10-17,23,26H,9H2,1H3. The number of methoxy groups -OCH3 is 1. The first kappa shape index (κ1) is 22.2. The first-order valence-corrected chi connectivity index (χ1v) is 10.9. The third-order valence-corrected chi connectivity index (χ3v) is 5.93. The number of halogens is 1. The Morgan fingerprint density at radius 3 is 2.13 bits per heavy atom. The van der Waals surface area contributed by atoms with Crippen LogP contribution in [0.5, 0.6) is 0 Å². The average Bonchev–Trinajstić information content (AvgIpc) is 2.79. The van der Waals surface area contributed by atoms with Crippen molar-refractivity contribution in [2.24, 2.45) is 0 Å². The Balaban J connectivity index is 1.76. The van der Waals surface area contributed by atoms with Crippen LogP contribution in [0.25, 0.3) is 11.1 Å². The minimum atomic E-state index is -3.99. The number of hydrogen-bond acceptors (Lipinski definition) is 4. The van der Waals surface area contributed by atoms with Crippen LogP contribution in [0.1, 0.15) is 12.0 Å². The van der Waals surface area contributed by atoms with Gasteiger partial charge >= 0.3 is 5.97 Å². The molecular formula is C24H20FNO4S. The van der Waals surface area contributed by atoms with Crippen LogP contribution in [0, 0.1) is 17.7 Å². The first-order chi connectivity index (χ1) is 14.9. The zero-order valence-electron chi connectivity index (χ0n) is 16.7. The molecular weight excluding hydrogens is 417 g/mol. The normalized spacial score (nSPS) is 11.8. The molecule has 0 heterocycles. The summed E-state index contributed by atoms with van der Waals surface area (Å²) >= 11 is 0. The second-order valence-electron chi connectivity index (χ2n) is 6.60. The lowest BCUT2D eigenvalue weighted by molar-refractivity contribution is -0.142. The van der Waals surface area contributed by atoms with Crippen molar-refractivity contribution in [3.8, 4) is 23.0 Å². The SMILES string of the molecule is COC(=O)C(CC#Cc1ccccc1)NS(=O)(=O)c1ccc(-c2ccc(F)cc2)cc1. The van der Waals surface area contributed by atoms with Crippen LogP contribution < -0.4 is 4.72 Å². The van der Waals surface area contributed by atoms with Crippen LogP contribution in [0.4, 0.5) is 4.39 Å². The monoisotopic (exact) mass is 437 g/mol. The Kier molecular flexibility index (Phi) is 7.19. The highest BCUT2D eigenvalue weighted by Gasteiger charge is 2.25. The molecule has 0 fully saturated rings. The topological polar surface area (TPSA) is 72.5 Å². The predicted octanol–water partition coefficient (Wildman–Crippen LogP) is 3.75. The molecule has 5 nitrogen and oxygen atoms in total. The minimum Gasteiger partial charge on any atom is -0.468 e. The molecule has 0 amide bonds. The van der Waals surface area contributed by atoms with Gasteiger partial charge in [-0.25, -0.2) is 12.8 Å².